The Morgan fingerprint density at radius 3 is 2.44 bits per heavy atom. The highest BCUT2D eigenvalue weighted by atomic mass is 16.5. The molecule has 0 radical (unpaired) electrons. The molecule has 0 aliphatic heterocycles. The molecular formula is C12H18N2O4. The van der Waals surface area contributed by atoms with Crippen molar-refractivity contribution in [1.82, 2.24) is 10.5 Å². The summed E-state index contributed by atoms with van der Waals surface area (Å²) in [5.41, 5.74) is 0.409. The summed E-state index contributed by atoms with van der Waals surface area (Å²) >= 11 is 0. The minimum absolute atomic E-state index is 0.208. The van der Waals surface area contributed by atoms with E-state index in [1.165, 1.54) is 13.8 Å². The van der Waals surface area contributed by atoms with Gasteiger partial charge in [0.25, 0.3) is 0 Å². The number of hydrogen-bond donors (Lipinski definition) is 2. The molecule has 0 aromatic carbocycles. The van der Waals surface area contributed by atoms with Crippen LogP contribution in [0.25, 0.3) is 0 Å². The van der Waals surface area contributed by atoms with Crippen LogP contribution in [-0.4, -0.2) is 27.7 Å². The van der Waals surface area contributed by atoms with Crippen LogP contribution in [0.1, 0.15) is 37.3 Å². The Morgan fingerprint density at radius 2 is 2.00 bits per heavy atom. The van der Waals surface area contributed by atoms with E-state index in [1.807, 2.05) is 6.92 Å². The van der Waals surface area contributed by atoms with Crippen LogP contribution in [0.4, 0.5) is 0 Å². The van der Waals surface area contributed by atoms with E-state index in [0.717, 1.165) is 11.3 Å². The maximum Gasteiger partial charge on any atom is 0.328 e. The largest absolute Gasteiger partial charge is 0.480 e. The van der Waals surface area contributed by atoms with Crippen LogP contribution in [0.3, 0.4) is 0 Å². The Morgan fingerprint density at radius 1 is 1.39 bits per heavy atom. The summed E-state index contributed by atoms with van der Waals surface area (Å²) < 4.78 is 4.99. The van der Waals surface area contributed by atoms with Crippen molar-refractivity contribution in [2.24, 2.45) is 0 Å². The van der Waals surface area contributed by atoms with E-state index in [4.69, 9.17) is 9.63 Å². The smallest absolute Gasteiger partial charge is 0.328 e. The van der Waals surface area contributed by atoms with Gasteiger partial charge >= 0.3 is 5.97 Å². The molecule has 100 valence electrons. The van der Waals surface area contributed by atoms with Crippen LogP contribution in [-0.2, 0) is 16.0 Å². The average molecular weight is 254 g/mol. The van der Waals surface area contributed by atoms with Crippen molar-refractivity contribution in [3.05, 3.63) is 17.0 Å². The summed E-state index contributed by atoms with van der Waals surface area (Å²) in [6.07, 6.45) is 0.697. The summed E-state index contributed by atoms with van der Waals surface area (Å²) in [5.74, 6) is -0.673. The zero-order valence-electron chi connectivity index (χ0n) is 11.0. The fourth-order valence-electron chi connectivity index (χ4n) is 1.56. The van der Waals surface area contributed by atoms with Gasteiger partial charge in [-0.15, -0.1) is 0 Å². The summed E-state index contributed by atoms with van der Waals surface area (Å²) in [6.45, 7) is 6.49. The number of carboxylic acid groups (broad SMARTS) is 1. The van der Waals surface area contributed by atoms with Gasteiger partial charge in [-0.05, 0) is 34.1 Å². The average Bonchev–Trinajstić information content (AvgIpc) is 2.55. The first-order chi connectivity index (χ1) is 8.24. The molecule has 0 atom stereocenters. The van der Waals surface area contributed by atoms with Gasteiger partial charge < -0.3 is 14.9 Å². The molecule has 1 aromatic rings. The Balaban J connectivity index is 2.55. The molecule has 18 heavy (non-hydrogen) atoms. The molecule has 0 spiro atoms. The molecular weight excluding hydrogens is 236 g/mol. The number of nitrogens with zero attached hydrogens (tertiary/aromatic N) is 1. The highest BCUT2D eigenvalue weighted by Gasteiger charge is 2.28. The van der Waals surface area contributed by atoms with Gasteiger partial charge in [0, 0.05) is 12.0 Å². The van der Waals surface area contributed by atoms with Crippen molar-refractivity contribution in [1.29, 1.82) is 0 Å². The molecule has 6 nitrogen and oxygen atoms in total. The van der Waals surface area contributed by atoms with Crippen molar-refractivity contribution in [3.63, 3.8) is 0 Å². The molecule has 1 heterocycles. The molecule has 0 aliphatic carbocycles. The first-order valence-corrected chi connectivity index (χ1v) is 5.70. The maximum absolute atomic E-state index is 11.7. The van der Waals surface area contributed by atoms with E-state index >= 15 is 0 Å². The zero-order valence-corrected chi connectivity index (χ0v) is 11.0. The third-order valence-corrected chi connectivity index (χ3v) is 2.77. The fourth-order valence-corrected chi connectivity index (χ4v) is 1.56. The van der Waals surface area contributed by atoms with Crippen LogP contribution in [0.15, 0.2) is 4.52 Å². The standard InChI is InChI=1S/C12H18N2O4/c1-7-9(8(2)18-14-7)5-6-10(15)13-12(3,4)11(16)17/h5-6H2,1-4H3,(H,13,15)(H,16,17). The van der Waals surface area contributed by atoms with E-state index in [-0.39, 0.29) is 12.3 Å². The molecule has 1 amide bonds. The summed E-state index contributed by atoms with van der Waals surface area (Å²) in [7, 11) is 0. The van der Waals surface area contributed by atoms with Crippen LogP contribution in [0.2, 0.25) is 0 Å². The second kappa shape index (κ2) is 5.20. The van der Waals surface area contributed by atoms with Crippen LogP contribution in [0, 0.1) is 13.8 Å². The maximum atomic E-state index is 11.7. The van der Waals surface area contributed by atoms with E-state index in [1.54, 1.807) is 6.92 Å². The topological polar surface area (TPSA) is 92.4 Å². The number of amides is 1. The van der Waals surface area contributed by atoms with E-state index in [0.29, 0.717) is 12.2 Å². The van der Waals surface area contributed by atoms with Crippen LogP contribution in [0.5, 0.6) is 0 Å². The van der Waals surface area contributed by atoms with Crippen molar-refractivity contribution in [3.8, 4) is 0 Å². The lowest BCUT2D eigenvalue weighted by Gasteiger charge is -2.20. The van der Waals surface area contributed by atoms with Crippen molar-refractivity contribution >= 4 is 11.9 Å². The van der Waals surface area contributed by atoms with Gasteiger partial charge in [0.05, 0.1) is 5.69 Å². The minimum Gasteiger partial charge on any atom is -0.480 e. The molecule has 1 rings (SSSR count). The number of rotatable bonds is 5. The van der Waals surface area contributed by atoms with Crippen LogP contribution >= 0.6 is 0 Å². The van der Waals surface area contributed by atoms with Crippen molar-refractivity contribution < 1.29 is 19.2 Å². The molecule has 1 aromatic heterocycles. The lowest BCUT2D eigenvalue weighted by Crippen LogP contribution is -2.49. The Labute approximate surface area is 105 Å². The first kappa shape index (κ1) is 14.2. The Hall–Kier alpha value is -1.85. The van der Waals surface area contributed by atoms with Gasteiger partial charge in [0.15, 0.2) is 0 Å². The predicted octanol–water partition coefficient (Wildman–Crippen LogP) is 1.20. The fraction of sp³-hybridized carbons (Fsp3) is 0.583. The van der Waals surface area contributed by atoms with Gasteiger partial charge in [-0.3, -0.25) is 4.79 Å². The molecule has 2 N–H and O–H groups in total. The zero-order chi connectivity index (χ0) is 13.9. The quantitative estimate of drug-likeness (QED) is 0.823. The molecule has 0 saturated heterocycles. The van der Waals surface area contributed by atoms with E-state index < -0.39 is 11.5 Å². The molecule has 0 unspecified atom stereocenters. The molecule has 0 bridgehead atoms. The SMILES string of the molecule is Cc1noc(C)c1CCC(=O)NC(C)(C)C(=O)O. The summed E-state index contributed by atoms with van der Waals surface area (Å²) in [6, 6.07) is 0. The van der Waals surface area contributed by atoms with Crippen molar-refractivity contribution in [2.75, 3.05) is 0 Å². The number of carbonyl (C=O) groups excluding carboxylic acids is 1. The van der Waals surface area contributed by atoms with Gasteiger partial charge in [-0.2, -0.15) is 0 Å². The van der Waals surface area contributed by atoms with Crippen molar-refractivity contribution in [2.45, 2.75) is 46.1 Å². The third-order valence-electron chi connectivity index (χ3n) is 2.77. The highest BCUT2D eigenvalue weighted by Crippen LogP contribution is 2.14. The minimum atomic E-state index is -1.25. The number of hydrogen-bond acceptors (Lipinski definition) is 4. The highest BCUT2D eigenvalue weighted by molar-refractivity contribution is 5.86. The molecule has 0 fully saturated rings. The monoisotopic (exact) mass is 254 g/mol. The second-order valence-electron chi connectivity index (χ2n) is 4.78. The van der Waals surface area contributed by atoms with Gasteiger partial charge in [-0.25, -0.2) is 4.79 Å². The Kier molecular flexibility index (Phi) is 4.11. The normalized spacial score (nSPS) is 11.3. The van der Waals surface area contributed by atoms with Gasteiger partial charge in [0.1, 0.15) is 11.3 Å². The van der Waals surface area contributed by atoms with Crippen LogP contribution < -0.4 is 5.32 Å². The lowest BCUT2D eigenvalue weighted by atomic mass is 10.0. The number of carbonyl (C=O) groups is 2. The number of aromatic nitrogens is 1. The molecule has 6 heteroatoms. The van der Waals surface area contributed by atoms with Gasteiger partial charge in [-0.1, -0.05) is 5.16 Å². The number of nitrogens with one attached hydrogen (secondary N) is 1. The Bertz CT molecular complexity index is 443. The first-order valence-electron chi connectivity index (χ1n) is 5.70. The second-order valence-corrected chi connectivity index (χ2v) is 4.78. The molecule has 0 aliphatic rings. The number of aryl methyl sites for hydroxylation is 2. The number of aliphatic carboxylic acids is 1. The van der Waals surface area contributed by atoms with Gasteiger partial charge in [0.2, 0.25) is 5.91 Å². The summed E-state index contributed by atoms with van der Waals surface area (Å²) in [4.78, 5) is 22.5. The van der Waals surface area contributed by atoms with E-state index in [9.17, 15) is 9.59 Å². The van der Waals surface area contributed by atoms with E-state index in [2.05, 4.69) is 10.5 Å². The molecule has 0 saturated carbocycles. The predicted molar refractivity (Wildman–Crippen MR) is 64.2 cm³/mol. The number of carboxylic acids is 1. The third kappa shape index (κ3) is 3.32. The summed E-state index contributed by atoms with van der Waals surface area (Å²) in [5, 5.41) is 15.2. The lowest BCUT2D eigenvalue weighted by molar-refractivity contribution is -0.146.